The van der Waals surface area contributed by atoms with Crippen molar-refractivity contribution < 1.29 is 19.5 Å². The highest BCUT2D eigenvalue weighted by molar-refractivity contribution is 6.58. The number of hydrogen-bond donors (Lipinski definition) is 2. The molecular weight excluding hydrogens is 267 g/mol. The van der Waals surface area contributed by atoms with Crippen LogP contribution in [-0.4, -0.2) is 30.4 Å². The van der Waals surface area contributed by atoms with Crippen LogP contribution in [0.25, 0.3) is 0 Å². The second-order valence-electron chi connectivity index (χ2n) is 5.06. The molecule has 0 saturated heterocycles. The summed E-state index contributed by atoms with van der Waals surface area (Å²) in [5.74, 6) is 0.686. The van der Waals surface area contributed by atoms with Gasteiger partial charge in [0.1, 0.15) is 18.5 Å². The normalized spacial score (nSPS) is 17.1. The van der Waals surface area contributed by atoms with E-state index in [1.165, 1.54) is 11.1 Å². The van der Waals surface area contributed by atoms with E-state index >= 15 is 0 Å². The molecule has 2 aromatic rings. The smallest absolute Gasteiger partial charge is 0.488 e. The summed E-state index contributed by atoms with van der Waals surface area (Å²) in [6.45, 7) is 1.15. The van der Waals surface area contributed by atoms with Gasteiger partial charge in [-0.25, -0.2) is 0 Å². The standard InChI is InChI=1S/C16H17BO4/c18-17(19)13-5-7-14(8-6-13)21-11-16-15-4-2-1-3-12(15)9-10-20-16/h1-8,16,18-19H,9-11H2. The van der Waals surface area contributed by atoms with E-state index in [4.69, 9.17) is 19.5 Å². The second-order valence-corrected chi connectivity index (χ2v) is 5.06. The molecule has 0 fully saturated rings. The van der Waals surface area contributed by atoms with Gasteiger partial charge in [0.05, 0.1) is 6.61 Å². The lowest BCUT2D eigenvalue weighted by Gasteiger charge is -2.26. The predicted molar refractivity (Wildman–Crippen MR) is 80.6 cm³/mol. The van der Waals surface area contributed by atoms with Gasteiger partial charge in [-0.2, -0.15) is 0 Å². The number of fused-ring (bicyclic) bond motifs is 1. The van der Waals surface area contributed by atoms with Crippen LogP contribution in [0.2, 0.25) is 0 Å². The first kappa shape index (κ1) is 14.1. The van der Waals surface area contributed by atoms with E-state index < -0.39 is 7.12 Å². The van der Waals surface area contributed by atoms with Crippen molar-refractivity contribution in [2.45, 2.75) is 12.5 Å². The maximum Gasteiger partial charge on any atom is 0.488 e. The third kappa shape index (κ3) is 3.27. The van der Waals surface area contributed by atoms with E-state index in [2.05, 4.69) is 12.1 Å². The highest BCUT2D eigenvalue weighted by Gasteiger charge is 2.21. The van der Waals surface area contributed by atoms with Crippen molar-refractivity contribution >= 4 is 12.6 Å². The van der Waals surface area contributed by atoms with Crippen LogP contribution in [0.4, 0.5) is 0 Å². The molecule has 0 spiro atoms. The minimum absolute atomic E-state index is 0.0574. The first-order valence-electron chi connectivity index (χ1n) is 7.02. The quantitative estimate of drug-likeness (QED) is 0.824. The summed E-state index contributed by atoms with van der Waals surface area (Å²) in [5.41, 5.74) is 2.95. The van der Waals surface area contributed by atoms with E-state index in [1.807, 2.05) is 12.1 Å². The van der Waals surface area contributed by atoms with Crippen molar-refractivity contribution in [1.29, 1.82) is 0 Å². The molecule has 5 heteroatoms. The van der Waals surface area contributed by atoms with E-state index in [-0.39, 0.29) is 6.10 Å². The zero-order valence-electron chi connectivity index (χ0n) is 11.6. The van der Waals surface area contributed by atoms with Crippen LogP contribution in [0.5, 0.6) is 5.75 Å². The zero-order chi connectivity index (χ0) is 14.7. The Hall–Kier alpha value is -1.82. The number of rotatable bonds is 4. The topological polar surface area (TPSA) is 58.9 Å². The van der Waals surface area contributed by atoms with Crippen LogP contribution in [-0.2, 0) is 11.2 Å². The van der Waals surface area contributed by atoms with Gasteiger partial charge in [0.25, 0.3) is 0 Å². The molecule has 0 aromatic heterocycles. The molecule has 1 unspecified atom stereocenters. The highest BCUT2D eigenvalue weighted by Crippen LogP contribution is 2.27. The Kier molecular flexibility index (Phi) is 4.24. The fourth-order valence-corrected chi connectivity index (χ4v) is 2.52. The molecule has 4 nitrogen and oxygen atoms in total. The molecule has 21 heavy (non-hydrogen) atoms. The summed E-state index contributed by atoms with van der Waals surface area (Å²) >= 11 is 0. The minimum atomic E-state index is -1.45. The number of benzene rings is 2. The lowest BCUT2D eigenvalue weighted by atomic mass is 9.80. The van der Waals surface area contributed by atoms with Crippen molar-refractivity contribution in [1.82, 2.24) is 0 Å². The molecule has 2 N–H and O–H groups in total. The maximum absolute atomic E-state index is 9.05. The molecule has 0 amide bonds. The van der Waals surface area contributed by atoms with Gasteiger partial charge in [0.2, 0.25) is 0 Å². The largest absolute Gasteiger partial charge is 0.491 e. The zero-order valence-corrected chi connectivity index (χ0v) is 11.6. The summed E-state index contributed by atoms with van der Waals surface area (Å²) in [7, 11) is -1.45. The number of hydrogen-bond acceptors (Lipinski definition) is 4. The lowest BCUT2D eigenvalue weighted by Crippen LogP contribution is -2.29. The van der Waals surface area contributed by atoms with Crippen LogP contribution in [0.1, 0.15) is 17.2 Å². The average Bonchev–Trinajstić information content (AvgIpc) is 2.53. The Balaban J connectivity index is 1.66. The van der Waals surface area contributed by atoms with Crippen molar-refractivity contribution in [3.63, 3.8) is 0 Å². The molecule has 2 aromatic carbocycles. The third-order valence-corrected chi connectivity index (χ3v) is 3.67. The molecule has 0 bridgehead atoms. The molecule has 0 radical (unpaired) electrons. The summed E-state index contributed by atoms with van der Waals surface area (Å²) in [6, 6.07) is 15.0. The van der Waals surface area contributed by atoms with Crippen LogP contribution < -0.4 is 10.2 Å². The Morgan fingerprint density at radius 1 is 1.10 bits per heavy atom. The summed E-state index contributed by atoms with van der Waals surface area (Å²) < 4.78 is 11.5. The highest BCUT2D eigenvalue weighted by atomic mass is 16.5. The maximum atomic E-state index is 9.05. The van der Waals surface area contributed by atoms with Gasteiger partial charge in [0.15, 0.2) is 0 Å². The molecule has 1 aliphatic rings. The first-order chi connectivity index (χ1) is 10.2. The van der Waals surface area contributed by atoms with Crippen LogP contribution in [0.3, 0.4) is 0 Å². The molecular formula is C16H17BO4. The van der Waals surface area contributed by atoms with Gasteiger partial charge in [0, 0.05) is 0 Å². The Morgan fingerprint density at radius 2 is 1.86 bits per heavy atom. The van der Waals surface area contributed by atoms with Crippen LogP contribution in [0, 0.1) is 0 Å². The fraction of sp³-hybridized carbons (Fsp3) is 0.250. The predicted octanol–water partition coefficient (Wildman–Crippen LogP) is 1.06. The second kappa shape index (κ2) is 6.31. The Morgan fingerprint density at radius 3 is 2.62 bits per heavy atom. The van der Waals surface area contributed by atoms with E-state index in [0.717, 1.165) is 6.42 Å². The summed E-state index contributed by atoms with van der Waals surface area (Å²) in [4.78, 5) is 0. The van der Waals surface area contributed by atoms with Gasteiger partial charge >= 0.3 is 7.12 Å². The molecule has 0 aliphatic carbocycles. The van der Waals surface area contributed by atoms with Crippen LogP contribution in [0.15, 0.2) is 48.5 Å². The number of ether oxygens (including phenoxy) is 2. The van der Waals surface area contributed by atoms with Crippen molar-refractivity contribution in [3.05, 3.63) is 59.7 Å². The SMILES string of the molecule is OB(O)c1ccc(OCC2OCCc3ccccc32)cc1. The first-order valence-corrected chi connectivity index (χ1v) is 7.02. The van der Waals surface area contributed by atoms with Crippen molar-refractivity contribution in [2.24, 2.45) is 0 Å². The fourth-order valence-electron chi connectivity index (χ4n) is 2.52. The van der Waals surface area contributed by atoms with E-state index in [1.54, 1.807) is 24.3 Å². The van der Waals surface area contributed by atoms with Crippen molar-refractivity contribution in [3.8, 4) is 5.75 Å². The summed E-state index contributed by atoms with van der Waals surface area (Å²) in [6.07, 6.45) is 0.883. The molecule has 108 valence electrons. The van der Waals surface area contributed by atoms with Crippen LogP contribution >= 0.6 is 0 Å². The minimum Gasteiger partial charge on any atom is -0.491 e. The van der Waals surface area contributed by atoms with Gasteiger partial charge in [-0.05, 0) is 35.1 Å². The Bertz CT molecular complexity index is 597. The molecule has 0 saturated carbocycles. The third-order valence-electron chi connectivity index (χ3n) is 3.67. The average molecular weight is 284 g/mol. The lowest BCUT2D eigenvalue weighted by molar-refractivity contribution is 0.0102. The van der Waals surface area contributed by atoms with Crippen molar-refractivity contribution in [2.75, 3.05) is 13.2 Å². The summed E-state index contributed by atoms with van der Waals surface area (Å²) in [5, 5.41) is 18.1. The van der Waals surface area contributed by atoms with E-state index in [0.29, 0.717) is 24.4 Å². The van der Waals surface area contributed by atoms with Gasteiger partial charge in [-0.1, -0.05) is 36.4 Å². The Labute approximate surface area is 124 Å². The molecule has 1 aliphatic heterocycles. The molecule has 1 atom stereocenters. The van der Waals surface area contributed by atoms with Gasteiger partial charge in [-0.3, -0.25) is 0 Å². The van der Waals surface area contributed by atoms with Gasteiger partial charge in [-0.15, -0.1) is 0 Å². The van der Waals surface area contributed by atoms with E-state index in [9.17, 15) is 0 Å². The van der Waals surface area contributed by atoms with Gasteiger partial charge < -0.3 is 19.5 Å². The molecule has 1 heterocycles. The monoisotopic (exact) mass is 284 g/mol. The molecule has 3 rings (SSSR count).